The minimum atomic E-state index is 0. The van der Waals surface area contributed by atoms with Gasteiger partial charge in [-0.25, -0.2) is 4.99 Å². The van der Waals surface area contributed by atoms with Crippen molar-refractivity contribution in [1.29, 1.82) is 0 Å². The van der Waals surface area contributed by atoms with E-state index in [2.05, 4.69) is 32.7 Å². The van der Waals surface area contributed by atoms with Gasteiger partial charge in [0.1, 0.15) is 6.54 Å². The van der Waals surface area contributed by atoms with E-state index >= 15 is 0 Å². The lowest BCUT2D eigenvalue weighted by atomic mass is 10.2. The van der Waals surface area contributed by atoms with Crippen LogP contribution in [0.25, 0.3) is 0 Å². The number of nitrogens with zero attached hydrogens (tertiary/aromatic N) is 4. The highest BCUT2D eigenvalue weighted by Gasteiger charge is 2.21. The fraction of sp³-hybridized carbons (Fsp3) is 0.591. The molecule has 1 heterocycles. The molecule has 8 nitrogen and oxygen atoms in total. The normalized spacial score (nSPS) is 14.0. The summed E-state index contributed by atoms with van der Waals surface area (Å²) in [4.78, 5) is 35.1. The number of hydrogen-bond donors (Lipinski definition) is 2. The van der Waals surface area contributed by atoms with Gasteiger partial charge in [-0.15, -0.1) is 24.0 Å². The predicted molar refractivity (Wildman–Crippen MR) is 137 cm³/mol. The second kappa shape index (κ2) is 14.9. The number of anilines is 1. The van der Waals surface area contributed by atoms with Crippen molar-refractivity contribution >= 4 is 47.4 Å². The van der Waals surface area contributed by atoms with E-state index in [1.807, 2.05) is 48.8 Å². The molecule has 1 saturated heterocycles. The molecule has 174 valence electrons. The van der Waals surface area contributed by atoms with E-state index in [0.717, 1.165) is 26.2 Å². The number of benzene rings is 1. The zero-order valence-corrected chi connectivity index (χ0v) is 21.3. The highest BCUT2D eigenvalue weighted by molar-refractivity contribution is 14.0. The molecule has 2 amide bonds. The third-order valence-corrected chi connectivity index (χ3v) is 5.22. The molecule has 1 aliphatic heterocycles. The number of carbonyl (C=O) groups excluding carboxylic acids is 2. The molecule has 0 saturated carbocycles. The van der Waals surface area contributed by atoms with Crippen molar-refractivity contribution in [3.8, 4) is 0 Å². The average molecular weight is 544 g/mol. The molecular formula is C22H37IN6O2. The molecule has 0 spiro atoms. The molecule has 2 N–H and O–H groups in total. The van der Waals surface area contributed by atoms with E-state index in [1.54, 1.807) is 0 Å². The quantitative estimate of drug-likeness (QED) is 0.282. The lowest BCUT2D eigenvalue weighted by Crippen LogP contribution is -2.49. The molecule has 0 unspecified atom stereocenters. The van der Waals surface area contributed by atoms with Crippen LogP contribution in [0.15, 0.2) is 35.3 Å². The molecular weight excluding hydrogens is 507 g/mol. The SMILES string of the molecule is CCNC(=NCC(=O)N1CCN(c2ccccc2)CC1)NCCC(=O)N(CC)CC.I. The number of hydrogen-bond acceptors (Lipinski definition) is 4. The molecule has 1 aliphatic rings. The van der Waals surface area contributed by atoms with Crippen LogP contribution < -0.4 is 15.5 Å². The molecule has 0 aromatic heterocycles. The molecule has 0 atom stereocenters. The van der Waals surface area contributed by atoms with Gasteiger partial charge < -0.3 is 25.3 Å². The van der Waals surface area contributed by atoms with Crippen molar-refractivity contribution in [3.63, 3.8) is 0 Å². The van der Waals surface area contributed by atoms with Crippen molar-refractivity contribution in [2.75, 3.05) is 63.8 Å². The Morgan fingerprint density at radius 2 is 1.65 bits per heavy atom. The fourth-order valence-corrected chi connectivity index (χ4v) is 3.46. The average Bonchev–Trinajstić information content (AvgIpc) is 2.78. The summed E-state index contributed by atoms with van der Waals surface area (Å²) in [5, 5.41) is 6.29. The summed E-state index contributed by atoms with van der Waals surface area (Å²) >= 11 is 0. The Labute approximate surface area is 203 Å². The first-order valence-corrected chi connectivity index (χ1v) is 11.0. The van der Waals surface area contributed by atoms with Crippen LogP contribution in [0.4, 0.5) is 5.69 Å². The summed E-state index contributed by atoms with van der Waals surface area (Å²) in [5.41, 5.74) is 1.19. The van der Waals surface area contributed by atoms with Crippen LogP contribution in [0.1, 0.15) is 27.2 Å². The number of rotatable bonds is 9. The number of amides is 2. The van der Waals surface area contributed by atoms with Gasteiger partial charge in [-0.1, -0.05) is 18.2 Å². The van der Waals surface area contributed by atoms with Gasteiger partial charge in [0, 0.05) is 64.5 Å². The molecule has 0 bridgehead atoms. The number of piperazine rings is 1. The molecule has 1 aromatic carbocycles. The van der Waals surface area contributed by atoms with E-state index in [-0.39, 0.29) is 42.3 Å². The van der Waals surface area contributed by atoms with Crippen molar-refractivity contribution in [1.82, 2.24) is 20.4 Å². The zero-order chi connectivity index (χ0) is 21.8. The van der Waals surface area contributed by atoms with Crippen molar-refractivity contribution in [2.24, 2.45) is 4.99 Å². The maximum atomic E-state index is 12.6. The topological polar surface area (TPSA) is 80.3 Å². The fourth-order valence-electron chi connectivity index (χ4n) is 3.46. The summed E-state index contributed by atoms with van der Waals surface area (Å²) in [5.74, 6) is 0.718. The van der Waals surface area contributed by atoms with Gasteiger partial charge in [0.2, 0.25) is 11.8 Å². The minimum Gasteiger partial charge on any atom is -0.368 e. The van der Waals surface area contributed by atoms with Crippen LogP contribution in [0.5, 0.6) is 0 Å². The summed E-state index contributed by atoms with van der Waals surface area (Å²) in [6.45, 7) is 11.7. The van der Waals surface area contributed by atoms with Gasteiger partial charge in [-0.05, 0) is 32.9 Å². The summed E-state index contributed by atoms with van der Waals surface area (Å²) in [6, 6.07) is 10.3. The molecule has 31 heavy (non-hydrogen) atoms. The first-order chi connectivity index (χ1) is 14.6. The van der Waals surface area contributed by atoms with Crippen molar-refractivity contribution in [3.05, 3.63) is 30.3 Å². The molecule has 2 rings (SSSR count). The first-order valence-electron chi connectivity index (χ1n) is 11.0. The number of para-hydroxylation sites is 1. The minimum absolute atomic E-state index is 0. The van der Waals surface area contributed by atoms with Crippen LogP contribution in [0.3, 0.4) is 0 Å². The summed E-state index contributed by atoms with van der Waals surface area (Å²) < 4.78 is 0. The van der Waals surface area contributed by atoms with Gasteiger partial charge in [-0.3, -0.25) is 9.59 Å². The third-order valence-electron chi connectivity index (χ3n) is 5.22. The number of aliphatic imine (C=N–C) groups is 1. The van der Waals surface area contributed by atoms with Crippen molar-refractivity contribution < 1.29 is 9.59 Å². The Bertz CT molecular complexity index is 689. The Hall–Kier alpha value is -2.04. The monoisotopic (exact) mass is 544 g/mol. The first kappa shape index (κ1) is 27.0. The predicted octanol–water partition coefficient (Wildman–Crippen LogP) is 1.77. The van der Waals surface area contributed by atoms with Gasteiger partial charge >= 0.3 is 0 Å². The van der Waals surface area contributed by atoms with Crippen LogP contribution in [0, 0.1) is 0 Å². The second-order valence-electron chi connectivity index (χ2n) is 7.14. The number of halogens is 1. The maximum absolute atomic E-state index is 12.6. The van der Waals surface area contributed by atoms with E-state index < -0.39 is 0 Å². The Balaban J connectivity index is 0.00000480. The Morgan fingerprint density at radius 3 is 2.23 bits per heavy atom. The lowest BCUT2D eigenvalue weighted by molar-refractivity contribution is -0.131. The van der Waals surface area contributed by atoms with Crippen molar-refractivity contribution in [2.45, 2.75) is 27.2 Å². The van der Waals surface area contributed by atoms with Crippen LogP contribution in [-0.4, -0.2) is 86.5 Å². The van der Waals surface area contributed by atoms with E-state index in [4.69, 9.17) is 0 Å². The number of guanidine groups is 1. The smallest absolute Gasteiger partial charge is 0.244 e. The largest absolute Gasteiger partial charge is 0.368 e. The highest BCUT2D eigenvalue weighted by atomic mass is 127. The van der Waals surface area contributed by atoms with Gasteiger partial charge in [0.05, 0.1) is 0 Å². The van der Waals surface area contributed by atoms with Crippen LogP contribution in [-0.2, 0) is 9.59 Å². The molecule has 0 aliphatic carbocycles. The summed E-state index contributed by atoms with van der Waals surface area (Å²) in [6.07, 6.45) is 0.404. The molecule has 1 fully saturated rings. The second-order valence-corrected chi connectivity index (χ2v) is 7.14. The zero-order valence-electron chi connectivity index (χ0n) is 19.0. The molecule has 9 heteroatoms. The molecule has 0 radical (unpaired) electrons. The summed E-state index contributed by atoms with van der Waals surface area (Å²) in [7, 11) is 0. The van der Waals surface area contributed by atoms with Gasteiger partial charge in [-0.2, -0.15) is 0 Å². The van der Waals surface area contributed by atoms with E-state index in [9.17, 15) is 9.59 Å². The van der Waals surface area contributed by atoms with Gasteiger partial charge in [0.15, 0.2) is 5.96 Å². The number of nitrogens with one attached hydrogen (secondary N) is 2. The van der Waals surface area contributed by atoms with Crippen LogP contribution in [0.2, 0.25) is 0 Å². The van der Waals surface area contributed by atoms with E-state index in [1.165, 1.54) is 5.69 Å². The Morgan fingerprint density at radius 1 is 1.00 bits per heavy atom. The van der Waals surface area contributed by atoms with E-state index in [0.29, 0.717) is 38.6 Å². The highest BCUT2D eigenvalue weighted by Crippen LogP contribution is 2.15. The standard InChI is InChI=1S/C22H36N6O2.HI/c1-4-23-22(24-13-12-20(29)26(5-2)6-3)25-18-21(30)28-16-14-27(15-17-28)19-10-8-7-9-11-19;/h7-11H,4-6,12-18H2,1-3H3,(H2,23,24,25);1H. The van der Waals surface area contributed by atoms with Crippen LogP contribution >= 0.6 is 24.0 Å². The van der Waals surface area contributed by atoms with Gasteiger partial charge in [0.25, 0.3) is 0 Å². The third kappa shape index (κ3) is 8.92. The Kier molecular flexibility index (Phi) is 13.0. The molecule has 1 aromatic rings. The number of carbonyl (C=O) groups is 2. The maximum Gasteiger partial charge on any atom is 0.244 e. The lowest BCUT2D eigenvalue weighted by Gasteiger charge is -2.36.